The highest BCUT2D eigenvalue weighted by atomic mass is 16.3. The smallest absolute Gasteiger partial charge is 0.118 e. The van der Waals surface area contributed by atoms with Gasteiger partial charge in [0.15, 0.2) is 0 Å². The van der Waals surface area contributed by atoms with Gasteiger partial charge in [0.2, 0.25) is 0 Å². The van der Waals surface area contributed by atoms with Gasteiger partial charge in [-0.05, 0) is 53.9 Å². The molecular weight excluding hydrogens is 222 g/mol. The largest absolute Gasteiger partial charge is 0.508 e. The number of nitrogens with zero attached hydrogens (tertiary/aromatic N) is 1. The Balaban J connectivity index is 2.16. The lowest BCUT2D eigenvalue weighted by atomic mass is 10.0. The highest BCUT2D eigenvalue weighted by Gasteiger charge is 2.02. The van der Waals surface area contributed by atoms with Crippen molar-refractivity contribution in [3.8, 4) is 16.9 Å². The molecule has 0 unspecified atom stereocenters. The SMILES string of the molecule is Cc1cc(-c2ccc3ncccc3c2)ccc1O. The Morgan fingerprint density at radius 2 is 1.72 bits per heavy atom. The van der Waals surface area contributed by atoms with Crippen molar-refractivity contribution < 1.29 is 5.11 Å². The number of rotatable bonds is 1. The van der Waals surface area contributed by atoms with Crippen molar-refractivity contribution in [2.45, 2.75) is 6.92 Å². The van der Waals surface area contributed by atoms with Gasteiger partial charge in [-0.1, -0.05) is 18.2 Å². The van der Waals surface area contributed by atoms with Gasteiger partial charge in [-0.3, -0.25) is 4.98 Å². The van der Waals surface area contributed by atoms with E-state index in [1.165, 1.54) is 0 Å². The van der Waals surface area contributed by atoms with E-state index in [4.69, 9.17) is 0 Å². The predicted octanol–water partition coefficient (Wildman–Crippen LogP) is 3.92. The molecule has 88 valence electrons. The molecule has 0 radical (unpaired) electrons. The van der Waals surface area contributed by atoms with Crippen molar-refractivity contribution in [2.75, 3.05) is 0 Å². The molecule has 0 aliphatic heterocycles. The van der Waals surface area contributed by atoms with Crippen LogP contribution in [0, 0.1) is 6.92 Å². The van der Waals surface area contributed by atoms with Gasteiger partial charge >= 0.3 is 0 Å². The number of benzene rings is 2. The maximum absolute atomic E-state index is 9.55. The summed E-state index contributed by atoms with van der Waals surface area (Å²) in [7, 11) is 0. The first kappa shape index (κ1) is 10.8. The molecule has 0 aliphatic rings. The summed E-state index contributed by atoms with van der Waals surface area (Å²) in [6.45, 7) is 1.90. The minimum Gasteiger partial charge on any atom is -0.508 e. The van der Waals surface area contributed by atoms with Gasteiger partial charge in [-0.2, -0.15) is 0 Å². The number of phenolic OH excluding ortho intramolecular Hbond substituents is 1. The van der Waals surface area contributed by atoms with Crippen LogP contribution in [0.4, 0.5) is 0 Å². The lowest BCUT2D eigenvalue weighted by molar-refractivity contribution is 0.471. The topological polar surface area (TPSA) is 33.1 Å². The first-order chi connectivity index (χ1) is 8.74. The van der Waals surface area contributed by atoms with Crippen molar-refractivity contribution in [2.24, 2.45) is 0 Å². The number of aryl methyl sites for hydroxylation is 1. The number of pyridine rings is 1. The third kappa shape index (κ3) is 1.82. The summed E-state index contributed by atoms with van der Waals surface area (Å²) in [5.74, 6) is 0.334. The fourth-order valence-electron chi connectivity index (χ4n) is 2.09. The Morgan fingerprint density at radius 3 is 2.56 bits per heavy atom. The summed E-state index contributed by atoms with van der Waals surface area (Å²) in [5.41, 5.74) is 4.13. The van der Waals surface area contributed by atoms with Gasteiger partial charge in [-0.25, -0.2) is 0 Å². The molecule has 2 heteroatoms. The van der Waals surface area contributed by atoms with Crippen molar-refractivity contribution in [3.63, 3.8) is 0 Å². The van der Waals surface area contributed by atoms with E-state index in [0.29, 0.717) is 5.75 Å². The summed E-state index contributed by atoms with van der Waals surface area (Å²) in [5, 5.41) is 10.7. The van der Waals surface area contributed by atoms with Gasteiger partial charge in [-0.15, -0.1) is 0 Å². The fourth-order valence-corrected chi connectivity index (χ4v) is 2.09. The van der Waals surface area contributed by atoms with Crippen molar-refractivity contribution in [1.29, 1.82) is 0 Å². The zero-order valence-electron chi connectivity index (χ0n) is 10.1. The van der Waals surface area contributed by atoms with E-state index in [1.54, 1.807) is 12.3 Å². The molecule has 0 saturated carbocycles. The van der Waals surface area contributed by atoms with Crippen LogP contribution in [-0.4, -0.2) is 10.1 Å². The van der Waals surface area contributed by atoms with E-state index in [2.05, 4.69) is 23.2 Å². The Labute approximate surface area is 106 Å². The molecule has 1 N–H and O–H groups in total. The third-order valence-corrected chi connectivity index (χ3v) is 3.13. The van der Waals surface area contributed by atoms with Crippen LogP contribution in [0.15, 0.2) is 54.7 Å². The van der Waals surface area contributed by atoms with Gasteiger partial charge in [0.25, 0.3) is 0 Å². The molecule has 0 aliphatic carbocycles. The molecule has 0 fully saturated rings. The number of aromatic nitrogens is 1. The maximum atomic E-state index is 9.55. The molecule has 2 aromatic carbocycles. The van der Waals surface area contributed by atoms with Gasteiger partial charge in [0, 0.05) is 11.6 Å². The maximum Gasteiger partial charge on any atom is 0.118 e. The number of aromatic hydroxyl groups is 1. The molecule has 0 spiro atoms. The van der Waals surface area contributed by atoms with Gasteiger partial charge in [0.1, 0.15) is 5.75 Å². The number of hydrogen-bond acceptors (Lipinski definition) is 2. The Bertz CT molecular complexity index is 719. The molecule has 18 heavy (non-hydrogen) atoms. The van der Waals surface area contributed by atoms with E-state index in [1.807, 2.05) is 31.2 Å². The summed E-state index contributed by atoms with van der Waals surface area (Å²) >= 11 is 0. The first-order valence-electron chi connectivity index (χ1n) is 5.89. The Hall–Kier alpha value is -2.35. The quantitative estimate of drug-likeness (QED) is 0.693. The number of hydrogen-bond donors (Lipinski definition) is 1. The Kier molecular flexibility index (Phi) is 2.49. The highest BCUT2D eigenvalue weighted by Crippen LogP contribution is 2.27. The first-order valence-corrected chi connectivity index (χ1v) is 5.89. The van der Waals surface area contributed by atoms with E-state index in [-0.39, 0.29) is 0 Å². The second-order valence-corrected chi connectivity index (χ2v) is 4.41. The van der Waals surface area contributed by atoms with Gasteiger partial charge in [0.05, 0.1) is 5.52 Å². The molecule has 0 amide bonds. The second kappa shape index (κ2) is 4.15. The lowest BCUT2D eigenvalue weighted by Gasteiger charge is -2.06. The minimum atomic E-state index is 0.334. The fraction of sp³-hybridized carbons (Fsp3) is 0.0625. The molecule has 0 atom stereocenters. The predicted molar refractivity (Wildman–Crippen MR) is 73.6 cm³/mol. The van der Waals surface area contributed by atoms with Crippen LogP contribution in [0.2, 0.25) is 0 Å². The van der Waals surface area contributed by atoms with Crippen LogP contribution in [-0.2, 0) is 0 Å². The summed E-state index contributed by atoms with van der Waals surface area (Å²) < 4.78 is 0. The van der Waals surface area contributed by atoms with Crippen LogP contribution in [0.5, 0.6) is 5.75 Å². The van der Waals surface area contributed by atoms with Crippen molar-refractivity contribution >= 4 is 10.9 Å². The number of fused-ring (bicyclic) bond motifs is 1. The molecule has 3 aromatic rings. The van der Waals surface area contributed by atoms with Crippen molar-refractivity contribution in [3.05, 3.63) is 60.3 Å². The molecule has 1 aromatic heterocycles. The number of phenols is 1. The molecular formula is C16H13NO. The highest BCUT2D eigenvalue weighted by molar-refractivity contribution is 5.84. The van der Waals surface area contributed by atoms with E-state index < -0.39 is 0 Å². The average molecular weight is 235 g/mol. The van der Waals surface area contributed by atoms with Crippen LogP contribution >= 0.6 is 0 Å². The summed E-state index contributed by atoms with van der Waals surface area (Å²) in [4.78, 5) is 4.31. The standard InChI is InChI=1S/C16H13NO/c1-11-9-12(5-7-16(11)18)13-4-6-15-14(10-13)3-2-8-17-15/h2-10,18H,1H3. The molecule has 0 bridgehead atoms. The van der Waals surface area contributed by atoms with E-state index >= 15 is 0 Å². The van der Waals surface area contributed by atoms with Crippen LogP contribution in [0.3, 0.4) is 0 Å². The summed E-state index contributed by atoms with van der Waals surface area (Å²) in [6, 6.07) is 15.8. The van der Waals surface area contributed by atoms with Crippen molar-refractivity contribution in [1.82, 2.24) is 4.98 Å². The van der Waals surface area contributed by atoms with Gasteiger partial charge < -0.3 is 5.11 Å². The third-order valence-electron chi connectivity index (χ3n) is 3.13. The average Bonchev–Trinajstić information content (AvgIpc) is 2.41. The molecule has 0 saturated heterocycles. The lowest BCUT2D eigenvalue weighted by Crippen LogP contribution is -1.82. The Morgan fingerprint density at radius 1 is 0.944 bits per heavy atom. The summed E-state index contributed by atoms with van der Waals surface area (Å²) in [6.07, 6.45) is 1.80. The van der Waals surface area contributed by atoms with E-state index in [0.717, 1.165) is 27.6 Å². The van der Waals surface area contributed by atoms with Crippen LogP contribution in [0.1, 0.15) is 5.56 Å². The zero-order chi connectivity index (χ0) is 12.5. The second-order valence-electron chi connectivity index (χ2n) is 4.41. The minimum absolute atomic E-state index is 0.334. The molecule has 3 rings (SSSR count). The van der Waals surface area contributed by atoms with Crippen LogP contribution < -0.4 is 0 Å². The zero-order valence-corrected chi connectivity index (χ0v) is 10.1. The van der Waals surface area contributed by atoms with E-state index in [9.17, 15) is 5.11 Å². The molecule has 2 nitrogen and oxygen atoms in total. The molecule has 1 heterocycles. The van der Waals surface area contributed by atoms with Crippen LogP contribution in [0.25, 0.3) is 22.0 Å². The monoisotopic (exact) mass is 235 g/mol. The normalized spacial score (nSPS) is 10.7.